The van der Waals surface area contributed by atoms with Gasteiger partial charge in [-0.05, 0) is 58.6 Å². The molecule has 2 aromatic heterocycles. The Balaban J connectivity index is 1.47. The summed E-state index contributed by atoms with van der Waals surface area (Å²) in [7, 11) is 0. The normalized spacial score (nSPS) is 24.5. The van der Waals surface area contributed by atoms with Crippen LogP contribution in [0.2, 0.25) is 0 Å². The van der Waals surface area contributed by atoms with Crippen LogP contribution in [-0.2, 0) is 6.42 Å². The number of aliphatic hydroxyl groups is 2. The summed E-state index contributed by atoms with van der Waals surface area (Å²) in [5, 5.41) is 27.7. The van der Waals surface area contributed by atoms with Crippen LogP contribution in [0.3, 0.4) is 0 Å². The lowest BCUT2D eigenvalue weighted by Gasteiger charge is -2.36. The largest absolute Gasteiger partial charge is 0.488 e. The minimum Gasteiger partial charge on any atom is -0.488 e. The number of carbonyl (C=O) groups excluding carboxylic acids is 1. The van der Waals surface area contributed by atoms with Gasteiger partial charge in [-0.25, -0.2) is 9.50 Å². The first kappa shape index (κ1) is 22.6. The second-order valence-electron chi connectivity index (χ2n) is 9.97. The van der Waals surface area contributed by atoms with E-state index in [9.17, 15) is 15.0 Å². The lowest BCUT2D eigenvalue weighted by molar-refractivity contribution is -0.0900. The van der Waals surface area contributed by atoms with E-state index < -0.39 is 11.2 Å². The quantitative estimate of drug-likeness (QED) is 0.529. The Morgan fingerprint density at radius 2 is 2.06 bits per heavy atom. The summed E-state index contributed by atoms with van der Waals surface area (Å²) >= 11 is 0. The van der Waals surface area contributed by atoms with E-state index in [1.54, 1.807) is 42.9 Å². The molecule has 0 radical (unpaired) electrons. The van der Waals surface area contributed by atoms with Crippen LogP contribution in [0.15, 0.2) is 36.8 Å². The van der Waals surface area contributed by atoms with Crippen molar-refractivity contribution in [1.82, 2.24) is 14.6 Å². The SMILES string of the molecule is CC(C)(O)[C@@]1(C)Cc2cc(NC(=O)c3cnn4cccnc34)c(O[C@H]3CC[C@H](O)CC3)cc2O1. The van der Waals surface area contributed by atoms with Crippen molar-refractivity contribution in [2.24, 2.45) is 0 Å². The molecule has 5 rings (SSSR count). The van der Waals surface area contributed by atoms with Crippen LogP contribution in [0.4, 0.5) is 5.69 Å². The maximum Gasteiger partial charge on any atom is 0.261 e. The van der Waals surface area contributed by atoms with Gasteiger partial charge < -0.3 is 25.0 Å². The average molecular weight is 467 g/mol. The summed E-state index contributed by atoms with van der Waals surface area (Å²) in [6, 6.07) is 5.40. The molecule has 2 aliphatic rings. The maximum absolute atomic E-state index is 13.2. The van der Waals surface area contributed by atoms with Crippen molar-refractivity contribution in [2.45, 2.75) is 76.3 Å². The minimum absolute atomic E-state index is 0.0715. The number of aromatic nitrogens is 3. The van der Waals surface area contributed by atoms with E-state index in [1.165, 1.54) is 6.20 Å². The average Bonchev–Trinajstić information content (AvgIpc) is 3.36. The van der Waals surface area contributed by atoms with Gasteiger partial charge in [-0.2, -0.15) is 5.10 Å². The van der Waals surface area contributed by atoms with E-state index in [0.717, 1.165) is 18.4 Å². The number of nitrogens with one attached hydrogen (secondary N) is 1. The van der Waals surface area contributed by atoms with Gasteiger partial charge in [-0.15, -0.1) is 0 Å². The molecule has 0 spiro atoms. The maximum atomic E-state index is 13.2. The van der Waals surface area contributed by atoms with Gasteiger partial charge in [0, 0.05) is 30.4 Å². The zero-order chi connectivity index (χ0) is 24.1. The smallest absolute Gasteiger partial charge is 0.261 e. The highest BCUT2D eigenvalue weighted by molar-refractivity contribution is 6.08. The van der Waals surface area contributed by atoms with Gasteiger partial charge >= 0.3 is 0 Å². The highest BCUT2D eigenvalue weighted by atomic mass is 16.5. The van der Waals surface area contributed by atoms with Gasteiger partial charge in [0.05, 0.1) is 29.7 Å². The second kappa shape index (κ2) is 8.25. The number of hydrogen-bond donors (Lipinski definition) is 3. The van der Waals surface area contributed by atoms with Crippen LogP contribution in [0.5, 0.6) is 11.5 Å². The Hall–Kier alpha value is -3.17. The fourth-order valence-electron chi connectivity index (χ4n) is 4.54. The molecule has 0 unspecified atom stereocenters. The number of nitrogens with zero attached hydrogens (tertiary/aromatic N) is 3. The van der Waals surface area contributed by atoms with Gasteiger partial charge in [-0.3, -0.25) is 4.79 Å². The van der Waals surface area contributed by atoms with Gasteiger partial charge in [0.15, 0.2) is 5.65 Å². The highest BCUT2D eigenvalue weighted by Gasteiger charge is 2.47. The Bertz CT molecular complexity index is 1230. The van der Waals surface area contributed by atoms with Crippen molar-refractivity contribution >= 4 is 17.2 Å². The molecule has 180 valence electrons. The highest BCUT2D eigenvalue weighted by Crippen LogP contribution is 2.45. The zero-order valence-corrected chi connectivity index (χ0v) is 19.6. The first-order chi connectivity index (χ1) is 16.1. The zero-order valence-electron chi connectivity index (χ0n) is 19.6. The number of aliphatic hydroxyl groups excluding tert-OH is 1. The molecule has 9 heteroatoms. The third kappa shape index (κ3) is 4.10. The van der Waals surface area contributed by atoms with Crippen LogP contribution in [-0.4, -0.2) is 54.1 Å². The Morgan fingerprint density at radius 1 is 1.29 bits per heavy atom. The van der Waals surface area contributed by atoms with Crippen molar-refractivity contribution in [3.05, 3.63) is 47.9 Å². The lowest BCUT2D eigenvalue weighted by atomic mass is 9.84. The third-order valence-electron chi connectivity index (χ3n) is 7.03. The summed E-state index contributed by atoms with van der Waals surface area (Å²) in [4.78, 5) is 17.5. The predicted octanol–water partition coefficient (Wildman–Crippen LogP) is 3.13. The second-order valence-corrected chi connectivity index (χ2v) is 9.97. The summed E-state index contributed by atoms with van der Waals surface area (Å²) in [5.41, 5.74) is 0.335. The molecule has 0 saturated heterocycles. The van der Waals surface area contributed by atoms with Crippen LogP contribution < -0.4 is 14.8 Å². The Labute approximate surface area is 197 Å². The summed E-state index contributed by atoms with van der Waals surface area (Å²) in [6.45, 7) is 5.33. The fraction of sp³-hybridized carbons (Fsp3) is 0.480. The summed E-state index contributed by atoms with van der Waals surface area (Å²) in [6.07, 6.45) is 7.77. The summed E-state index contributed by atoms with van der Waals surface area (Å²) < 4.78 is 14.1. The molecule has 3 heterocycles. The molecule has 1 amide bonds. The fourth-order valence-corrected chi connectivity index (χ4v) is 4.54. The molecule has 1 atom stereocenters. The van der Waals surface area contributed by atoms with Gasteiger partial charge in [0.25, 0.3) is 5.91 Å². The number of hydrogen-bond acceptors (Lipinski definition) is 7. The van der Waals surface area contributed by atoms with Crippen molar-refractivity contribution < 1.29 is 24.5 Å². The first-order valence-electron chi connectivity index (χ1n) is 11.7. The van der Waals surface area contributed by atoms with Gasteiger partial charge in [0.1, 0.15) is 22.7 Å². The molecule has 1 aromatic carbocycles. The number of ether oxygens (including phenoxy) is 2. The molecule has 1 fully saturated rings. The topological polar surface area (TPSA) is 118 Å². The molecular weight excluding hydrogens is 436 g/mol. The number of benzene rings is 1. The molecule has 1 aliphatic carbocycles. The molecule has 34 heavy (non-hydrogen) atoms. The van der Waals surface area contributed by atoms with Crippen LogP contribution in [0.1, 0.15) is 62.4 Å². The number of rotatable bonds is 5. The molecule has 9 nitrogen and oxygen atoms in total. The minimum atomic E-state index is -1.07. The van der Waals surface area contributed by atoms with Crippen molar-refractivity contribution in [2.75, 3.05) is 5.32 Å². The predicted molar refractivity (Wildman–Crippen MR) is 125 cm³/mol. The van der Waals surface area contributed by atoms with Crippen LogP contribution in [0.25, 0.3) is 5.65 Å². The molecule has 1 aliphatic heterocycles. The van der Waals surface area contributed by atoms with Crippen LogP contribution >= 0.6 is 0 Å². The van der Waals surface area contributed by atoms with E-state index in [-0.39, 0.29) is 18.1 Å². The van der Waals surface area contributed by atoms with Crippen LogP contribution in [0, 0.1) is 0 Å². The number of amides is 1. The van der Waals surface area contributed by atoms with E-state index in [4.69, 9.17) is 9.47 Å². The summed E-state index contributed by atoms with van der Waals surface area (Å²) in [5.74, 6) is 0.783. The number of carbonyl (C=O) groups is 1. The standard InChI is InChI=1S/C25H30N4O5/c1-24(2,32)25(3)13-15-11-19(28-23(31)18-14-27-29-10-4-9-26-22(18)29)21(12-20(15)34-25)33-17-7-5-16(30)6-8-17/h4,9-12,14,16-17,30,32H,5-8,13H2,1-3H3,(H,28,31)/t16-,17-,25-/m1/s1. The monoisotopic (exact) mass is 466 g/mol. The molecule has 3 aromatic rings. The first-order valence-corrected chi connectivity index (χ1v) is 11.7. The molecule has 3 N–H and O–H groups in total. The third-order valence-corrected chi connectivity index (χ3v) is 7.03. The van der Waals surface area contributed by atoms with E-state index in [0.29, 0.717) is 47.7 Å². The molecule has 1 saturated carbocycles. The Kier molecular flexibility index (Phi) is 5.49. The molecule has 0 bridgehead atoms. The van der Waals surface area contributed by atoms with Gasteiger partial charge in [0.2, 0.25) is 0 Å². The number of fused-ring (bicyclic) bond motifs is 2. The van der Waals surface area contributed by atoms with Crippen molar-refractivity contribution in [3.8, 4) is 11.5 Å². The number of anilines is 1. The van der Waals surface area contributed by atoms with Gasteiger partial charge in [-0.1, -0.05) is 0 Å². The van der Waals surface area contributed by atoms with E-state index in [1.807, 2.05) is 13.0 Å². The van der Waals surface area contributed by atoms with Crippen molar-refractivity contribution in [3.63, 3.8) is 0 Å². The Morgan fingerprint density at radius 3 is 2.79 bits per heavy atom. The van der Waals surface area contributed by atoms with Crippen molar-refractivity contribution in [1.29, 1.82) is 0 Å². The lowest BCUT2D eigenvalue weighted by Crippen LogP contribution is -2.51. The van der Waals surface area contributed by atoms with E-state index in [2.05, 4.69) is 15.4 Å². The molecular formula is C25H30N4O5. The van der Waals surface area contributed by atoms with E-state index >= 15 is 0 Å².